The van der Waals surface area contributed by atoms with Gasteiger partial charge in [0.1, 0.15) is 6.61 Å². The van der Waals surface area contributed by atoms with Crippen LogP contribution in [0.3, 0.4) is 0 Å². The molecular weight excluding hydrogens is 268 g/mol. The fraction of sp³-hybridized carbons (Fsp3) is 0.286. The number of thiophene rings is 1. The summed E-state index contributed by atoms with van der Waals surface area (Å²) in [5, 5.41) is 2.04. The van der Waals surface area contributed by atoms with Crippen molar-refractivity contribution in [1.82, 2.24) is 0 Å². The highest BCUT2D eigenvalue weighted by atomic mass is 35.5. The van der Waals surface area contributed by atoms with Gasteiger partial charge in [0.25, 0.3) is 0 Å². The van der Waals surface area contributed by atoms with Crippen molar-refractivity contribution in [1.29, 1.82) is 0 Å². The Hall–Kier alpha value is -1.19. The van der Waals surface area contributed by atoms with E-state index in [1.807, 2.05) is 42.6 Å². The van der Waals surface area contributed by atoms with Gasteiger partial charge in [-0.3, -0.25) is 0 Å². The minimum Gasteiger partial charge on any atom is -0.490 e. The molecule has 0 saturated heterocycles. The summed E-state index contributed by atoms with van der Waals surface area (Å²) in [5.74, 6) is 1.93. The van der Waals surface area contributed by atoms with Crippen molar-refractivity contribution >= 4 is 22.9 Å². The molecule has 18 heavy (non-hydrogen) atoms. The lowest BCUT2D eigenvalue weighted by atomic mass is 10.2. The van der Waals surface area contributed by atoms with E-state index in [-0.39, 0.29) is 0 Å². The van der Waals surface area contributed by atoms with Crippen LogP contribution in [-0.2, 0) is 12.5 Å². The molecule has 0 aliphatic carbocycles. The molecule has 1 heterocycles. The maximum atomic E-state index is 5.93. The van der Waals surface area contributed by atoms with Gasteiger partial charge in [-0.25, -0.2) is 0 Å². The van der Waals surface area contributed by atoms with Crippen molar-refractivity contribution in [2.45, 2.75) is 19.4 Å². The maximum absolute atomic E-state index is 5.93. The van der Waals surface area contributed by atoms with E-state index < -0.39 is 0 Å². The van der Waals surface area contributed by atoms with Gasteiger partial charge in [-0.05, 0) is 24.4 Å². The van der Waals surface area contributed by atoms with Gasteiger partial charge >= 0.3 is 0 Å². The third kappa shape index (κ3) is 3.18. The topological polar surface area (TPSA) is 18.5 Å². The Labute approximate surface area is 116 Å². The number of ether oxygens (including phenoxy) is 2. The minimum atomic E-state index is 0.417. The van der Waals surface area contributed by atoms with Crippen LogP contribution in [0.25, 0.3) is 0 Å². The summed E-state index contributed by atoms with van der Waals surface area (Å²) in [6.07, 6.45) is 0. The molecular formula is C14H15ClO2S. The predicted molar refractivity (Wildman–Crippen MR) is 75.8 cm³/mol. The number of rotatable bonds is 6. The molecule has 2 nitrogen and oxygen atoms in total. The standard InChI is InChI=1S/C14H15ClO2S/c1-2-16-13-7-3-5-11(9-15)14(13)17-10-12-6-4-8-18-12/h3-8H,2,9-10H2,1H3. The summed E-state index contributed by atoms with van der Waals surface area (Å²) in [6.45, 7) is 3.11. The van der Waals surface area contributed by atoms with Gasteiger partial charge in [-0.2, -0.15) is 0 Å². The summed E-state index contributed by atoms with van der Waals surface area (Å²) < 4.78 is 11.4. The summed E-state index contributed by atoms with van der Waals surface area (Å²) in [5.41, 5.74) is 0.958. The highest BCUT2D eigenvalue weighted by molar-refractivity contribution is 7.09. The average Bonchev–Trinajstić information content (AvgIpc) is 2.90. The van der Waals surface area contributed by atoms with Gasteiger partial charge in [0.2, 0.25) is 0 Å². The summed E-state index contributed by atoms with van der Waals surface area (Å²) in [6, 6.07) is 9.86. The zero-order valence-corrected chi connectivity index (χ0v) is 11.8. The fourth-order valence-corrected chi connectivity index (χ4v) is 2.46. The van der Waals surface area contributed by atoms with Crippen molar-refractivity contribution in [2.24, 2.45) is 0 Å². The molecule has 0 amide bonds. The highest BCUT2D eigenvalue weighted by Crippen LogP contribution is 2.33. The van der Waals surface area contributed by atoms with Crippen LogP contribution in [0.15, 0.2) is 35.7 Å². The van der Waals surface area contributed by atoms with E-state index in [1.54, 1.807) is 11.3 Å². The van der Waals surface area contributed by atoms with E-state index in [0.29, 0.717) is 19.1 Å². The summed E-state index contributed by atoms with van der Waals surface area (Å²) in [7, 11) is 0. The molecule has 0 fully saturated rings. The first-order valence-electron chi connectivity index (χ1n) is 5.81. The normalized spacial score (nSPS) is 10.3. The molecule has 4 heteroatoms. The first-order chi connectivity index (χ1) is 8.85. The second kappa shape index (κ2) is 6.66. The van der Waals surface area contributed by atoms with Crippen LogP contribution >= 0.6 is 22.9 Å². The molecule has 0 aliphatic heterocycles. The lowest BCUT2D eigenvalue weighted by molar-refractivity contribution is 0.269. The minimum absolute atomic E-state index is 0.417. The SMILES string of the molecule is CCOc1cccc(CCl)c1OCc1cccs1. The third-order valence-electron chi connectivity index (χ3n) is 2.44. The quantitative estimate of drug-likeness (QED) is 0.728. The molecule has 0 saturated carbocycles. The van der Waals surface area contributed by atoms with Gasteiger partial charge in [0.05, 0.1) is 12.5 Å². The Bertz CT molecular complexity index is 483. The lowest BCUT2D eigenvalue weighted by Crippen LogP contribution is -2.01. The molecule has 0 bridgehead atoms. The van der Waals surface area contributed by atoms with E-state index in [9.17, 15) is 0 Å². The van der Waals surface area contributed by atoms with Crippen LogP contribution in [0.2, 0.25) is 0 Å². The molecule has 2 rings (SSSR count). The molecule has 1 aromatic carbocycles. The van der Waals surface area contributed by atoms with Crippen molar-refractivity contribution in [2.75, 3.05) is 6.61 Å². The largest absolute Gasteiger partial charge is 0.490 e. The van der Waals surface area contributed by atoms with Gasteiger partial charge in [0.15, 0.2) is 11.5 Å². The first kappa shape index (κ1) is 13.2. The van der Waals surface area contributed by atoms with Crippen molar-refractivity contribution in [3.63, 3.8) is 0 Å². The molecule has 0 radical (unpaired) electrons. The number of para-hydroxylation sites is 1. The van der Waals surface area contributed by atoms with E-state index in [2.05, 4.69) is 0 Å². The zero-order chi connectivity index (χ0) is 12.8. The van der Waals surface area contributed by atoms with Crippen LogP contribution in [-0.4, -0.2) is 6.61 Å². The molecule has 1 aromatic heterocycles. The fourth-order valence-electron chi connectivity index (χ4n) is 1.64. The van der Waals surface area contributed by atoms with Crippen molar-refractivity contribution in [3.05, 3.63) is 46.2 Å². The predicted octanol–water partition coefficient (Wildman–Crippen LogP) is 4.46. The molecule has 0 aliphatic rings. The second-order valence-electron chi connectivity index (χ2n) is 3.68. The van der Waals surface area contributed by atoms with E-state index in [4.69, 9.17) is 21.1 Å². The Morgan fingerprint density at radius 2 is 2.06 bits per heavy atom. The van der Waals surface area contributed by atoms with Gasteiger partial charge in [-0.15, -0.1) is 22.9 Å². The zero-order valence-electron chi connectivity index (χ0n) is 10.2. The van der Waals surface area contributed by atoms with Crippen molar-refractivity contribution < 1.29 is 9.47 Å². The van der Waals surface area contributed by atoms with E-state index in [1.165, 1.54) is 4.88 Å². The Balaban J connectivity index is 2.18. The number of halogens is 1. The molecule has 0 N–H and O–H groups in total. The highest BCUT2D eigenvalue weighted by Gasteiger charge is 2.10. The van der Waals surface area contributed by atoms with Crippen LogP contribution in [0.4, 0.5) is 0 Å². The number of hydrogen-bond donors (Lipinski definition) is 0. The second-order valence-corrected chi connectivity index (χ2v) is 4.98. The Kier molecular flexibility index (Phi) is 4.90. The first-order valence-corrected chi connectivity index (χ1v) is 7.22. The lowest BCUT2D eigenvalue weighted by Gasteiger charge is -2.14. The number of alkyl halides is 1. The van der Waals surface area contributed by atoms with Crippen molar-refractivity contribution in [3.8, 4) is 11.5 Å². The summed E-state index contributed by atoms with van der Waals surface area (Å²) >= 11 is 7.61. The van der Waals surface area contributed by atoms with Gasteiger partial charge in [-0.1, -0.05) is 18.2 Å². The molecule has 96 valence electrons. The van der Waals surface area contributed by atoms with E-state index >= 15 is 0 Å². The number of benzene rings is 1. The van der Waals surface area contributed by atoms with Crippen LogP contribution in [0.5, 0.6) is 11.5 Å². The van der Waals surface area contributed by atoms with Crippen LogP contribution in [0.1, 0.15) is 17.4 Å². The van der Waals surface area contributed by atoms with Crippen LogP contribution < -0.4 is 9.47 Å². The van der Waals surface area contributed by atoms with Gasteiger partial charge < -0.3 is 9.47 Å². The monoisotopic (exact) mass is 282 g/mol. The maximum Gasteiger partial charge on any atom is 0.166 e. The molecule has 0 atom stereocenters. The molecule has 0 spiro atoms. The Morgan fingerprint density at radius 1 is 1.17 bits per heavy atom. The summed E-state index contributed by atoms with van der Waals surface area (Å²) in [4.78, 5) is 1.18. The average molecular weight is 283 g/mol. The molecule has 0 unspecified atom stereocenters. The Morgan fingerprint density at radius 3 is 2.72 bits per heavy atom. The molecule has 2 aromatic rings. The van der Waals surface area contributed by atoms with Crippen LogP contribution in [0, 0.1) is 0 Å². The smallest absolute Gasteiger partial charge is 0.166 e. The number of hydrogen-bond acceptors (Lipinski definition) is 3. The third-order valence-corrected chi connectivity index (χ3v) is 3.58. The van der Waals surface area contributed by atoms with E-state index in [0.717, 1.165) is 17.1 Å². The van der Waals surface area contributed by atoms with Gasteiger partial charge in [0, 0.05) is 10.4 Å².